The Balaban J connectivity index is -0.0000000736. The first-order valence-corrected chi connectivity index (χ1v) is 9.13. The summed E-state index contributed by atoms with van der Waals surface area (Å²) in [5.74, 6) is -0.561. The minimum absolute atomic E-state index is 0. The molecular formula is C14H32BrCl2N4NaO3. The van der Waals surface area contributed by atoms with E-state index in [1.165, 1.54) is 25.7 Å². The molecule has 2 rings (SSSR count). The number of nitrogens with one attached hydrogen (secondary N) is 1. The second-order valence-corrected chi connectivity index (χ2v) is 6.25. The van der Waals surface area contributed by atoms with Crippen LogP contribution in [0.25, 0.3) is 0 Å². The van der Waals surface area contributed by atoms with Crippen molar-refractivity contribution in [3.63, 3.8) is 0 Å². The number of hydrogen-bond donors (Lipinski definition) is 3. The predicted molar refractivity (Wildman–Crippen MR) is 105 cm³/mol. The molecule has 148 valence electrons. The van der Waals surface area contributed by atoms with Gasteiger partial charge in [0.2, 0.25) is 11.8 Å². The first kappa shape index (κ1) is 36.7. The minimum Gasteiger partial charge on any atom is -0.870 e. The van der Waals surface area contributed by atoms with Crippen LogP contribution in [0.15, 0.2) is 0 Å². The maximum atomic E-state index is 10.3. The van der Waals surface area contributed by atoms with E-state index in [1.54, 1.807) is 0 Å². The normalized spacial score (nSPS) is 13.5. The summed E-state index contributed by atoms with van der Waals surface area (Å²) in [4.78, 5) is 21.9. The van der Waals surface area contributed by atoms with Crippen molar-refractivity contribution in [1.29, 1.82) is 0 Å². The molecule has 0 unspecified atom stereocenters. The molecule has 2 saturated carbocycles. The van der Waals surface area contributed by atoms with Crippen molar-refractivity contribution in [2.75, 3.05) is 31.3 Å². The van der Waals surface area contributed by atoms with Crippen LogP contribution >= 0.6 is 39.1 Å². The topological polar surface area (TPSA) is 131 Å². The van der Waals surface area contributed by atoms with Gasteiger partial charge in [-0.25, -0.2) is 0 Å². The molecule has 0 heterocycles. The quantitative estimate of drug-likeness (QED) is 0.334. The Morgan fingerprint density at radius 2 is 1.52 bits per heavy atom. The zero-order valence-electron chi connectivity index (χ0n) is 14.6. The second-order valence-electron chi connectivity index (χ2n) is 4.88. The molecule has 0 saturated heterocycles. The van der Waals surface area contributed by atoms with Crippen LogP contribution in [0.4, 0.5) is 0 Å². The molecule has 2 fully saturated rings. The first-order valence-electron chi connectivity index (χ1n) is 6.94. The van der Waals surface area contributed by atoms with Crippen LogP contribution in [0.5, 0.6) is 0 Å². The van der Waals surface area contributed by atoms with E-state index in [0.29, 0.717) is 12.6 Å². The summed E-state index contributed by atoms with van der Waals surface area (Å²) in [6.07, 6.45) is 5.25. The van der Waals surface area contributed by atoms with Gasteiger partial charge in [0.05, 0.1) is 17.2 Å². The molecule has 0 spiro atoms. The number of halogens is 3. The third kappa shape index (κ3) is 36.5. The van der Waals surface area contributed by atoms with Crippen LogP contribution in [0, 0.1) is 0 Å². The van der Waals surface area contributed by atoms with Crippen LogP contribution in [-0.4, -0.2) is 65.6 Å². The number of nitrogens with zero attached hydrogens (tertiary/aromatic N) is 1. The molecule has 2 aliphatic rings. The van der Waals surface area contributed by atoms with Crippen molar-refractivity contribution in [2.45, 2.75) is 45.2 Å². The van der Waals surface area contributed by atoms with Gasteiger partial charge in [-0.15, -0.1) is 23.2 Å². The number of carbonyl (C=O) groups is 2. The van der Waals surface area contributed by atoms with Crippen LogP contribution in [0.2, 0.25) is 0 Å². The van der Waals surface area contributed by atoms with Crippen LogP contribution in [-0.2, 0) is 9.59 Å². The summed E-state index contributed by atoms with van der Waals surface area (Å²) < 4.78 is 0. The van der Waals surface area contributed by atoms with Gasteiger partial charge in [0.1, 0.15) is 0 Å². The van der Waals surface area contributed by atoms with E-state index in [-0.39, 0.29) is 64.9 Å². The van der Waals surface area contributed by atoms with Crippen LogP contribution < -0.4 is 46.3 Å². The third-order valence-electron chi connectivity index (χ3n) is 2.69. The van der Waals surface area contributed by atoms with Gasteiger partial charge in [-0.05, 0) is 39.8 Å². The number of alkyl halides is 3. The molecule has 0 radical (unpaired) electrons. The minimum atomic E-state index is -0.329. The standard InChI is InChI=1S/C6H12N2O.C4H9N.C2H4BrNO.CH2Cl2.CH4.Na.H2O/c1-8(4-6(7)9)5-2-3-5;1-5-4-2-3-4;3-1-2(4)5;2-1-3;;;/h5H,2-4H2,1H3,(H2,7,9);4-5H,2-3H2,1H3;1H2,(H2,4,5);1H2;1H4;;1H2/q;;;;;+1;/p-1. The molecule has 11 heteroatoms. The molecule has 2 amide bonds. The van der Waals surface area contributed by atoms with E-state index in [4.69, 9.17) is 28.9 Å². The van der Waals surface area contributed by atoms with Gasteiger partial charge in [0, 0.05) is 12.1 Å². The first-order chi connectivity index (χ1) is 10.3. The predicted octanol–water partition coefficient (Wildman–Crippen LogP) is -1.31. The molecule has 0 aromatic heterocycles. The maximum Gasteiger partial charge on any atom is 1.00 e. The summed E-state index contributed by atoms with van der Waals surface area (Å²) in [5.41, 5.74) is 9.58. The van der Waals surface area contributed by atoms with E-state index < -0.39 is 0 Å². The average Bonchev–Trinajstić information content (AvgIpc) is 3.33. The zero-order valence-corrected chi connectivity index (χ0v) is 19.7. The largest absolute Gasteiger partial charge is 1.00 e. The number of carbonyl (C=O) groups excluding carboxylic acids is 2. The van der Waals surface area contributed by atoms with E-state index in [2.05, 4.69) is 27.0 Å². The third-order valence-corrected chi connectivity index (χ3v) is 3.25. The van der Waals surface area contributed by atoms with Gasteiger partial charge < -0.3 is 22.3 Å². The number of nitrogens with two attached hydrogens (primary N) is 2. The SMILES string of the molecule is C.CN(CC(N)=O)C1CC1.CNC1CC1.ClCCl.NC(=O)CBr.[Na+].[OH-]. The number of rotatable bonds is 5. The Bertz CT molecular complexity index is 314. The van der Waals surface area contributed by atoms with Crippen molar-refractivity contribution in [2.24, 2.45) is 11.5 Å². The van der Waals surface area contributed by atoms with Gasteiger partial charge in [0.15, 0.2) is 0 Å². The van der Waals surface area contributed by atoms with Gasteiger partial charge in [0.25, 0.3) is 0 Å². The van der Waals surface area contributed by atoms with E-state index >= 15 is 0 Å². The van der Waals surface area contributed by atoms with Crippen LogP contribution in [0.1, 0.15) is 33.1 Å². The summed E-state index contributed by atoms with van der Waals surface area (Å²) in [6.45, 7) is 0.407. The van der Waals surface area contributed by atoms with E-state index in [0.717, 1.165) is 6.04 Å². The van der Waals surface area contributed by atoms with Gasteiger partial charge in [-0.2, -0.15) is 0 Å². The van der Waals surface area contributed by atoms with E-state index in [1.807, 2.05) is 19.0 Å². The summed E-state index contributed by atoms with van der Waals surface area (Å²) in [6, 6.07) is 1.52. The van der Waals surface area contributed by atoms with Crippen molar-refractivity contribution >= 4 is 50.9 Å². The van der Waals surface area contributed by atoms with E-state index in [9.17, 15) is 9.59 Å². The fraction of sp³-hybridized carbons (Fsp3) is 0.857. The average molecular weight is 478 g/mol. The number of primary amides is 2. The molecule has 0 aromatic carbocycles. The fourth-order valence-corrected chi connectivity index (χ4v) is 1.26. The summed E-state index contributed by atoms with van der Waals surface area (Å²) in [7, 11) is 3.94. The fourth-order valence-electron chi connectivity index (χ4n) is 1.26. The zero-order chi connectivity index (χ0) is 17.5. The second kappa shape index (κ2) is 24.9. The van der Waals surface area contributed by atoms with Gasteiger partial charge >= 0.3 is 29.6 Å². The van der Waals surface area contributed by atoms with Gasteiger partial charge in [-0.1, -0.05) is 23.4 Å². The number of hydrogen-bond acceptors (Lipinski definition) is 5. The maximum absolute atomic E-state index is 10.3. The molecule has 2 aliphatic carbocycles. The molecule has 0 aromatic rings. The Morgan fingerprint density at radius 3 is 1.64 bits per heavy atom. The molecule has 6 N–H and O–H groups in total. The molecule has 25 heavy (non-hydrogen) atoms. The van der Waals surface area contributed by atoms with Crippen molar-refractivity contribution in [3.8, 4) is 0 Å². The van der Waals surface area contributed by atoms with Crippen molar-refractivity contribution in [3.05, 3.63) is 0 Å². The molecular weight excluding hydrogens is 446 g/mol. The Labute approximate surface area is 192 Å². The summed E-state index contributed by atoms with van der Waals surface area (Å²) in [5, 5.41) is 3.59. The van der Waals surface area contributed by atoms with Crippen LogP contribution in [0.3, 0.4) is 0 Å². The molecule has 0 aliphatic heterocycles. The van der Waals surface area contributed by atoms with Gasteiger partial charge in [-0.3, -0.25) is 14.5 Å². The Hall–Kier alpha value is 0.880. The Kier molecular flexibility index (Phi) is 36.6. The number of amides is 2. The smallest absolute Gasteiger partial charge is 0.870 e. The Morgan fingerprint density at radius 1 is 1.16 bits per heavy atom. The molecule has 7 nitrogen and oxygen atoms in total. The summed E-state index contributed by atoms with van der Waals surface area (Å²) >= 11 is 12.4. The van der Waals surface area contributed by atoms with Crippen molar-refractivity contribution < 1.29 is 44.6 Å². The van der Waals surface area contributed by atoms with Crippen molar-refractivity contribution in [1.82, 2.24) is 10.2 Å². The monoisotopic (exact) mass is 476 g/mol. The molecule has 0 bridgehead atoms. The number of likely N-dealkylation sites (N-methyl/N-ethyl adjacent to an activating group) is 1. The molecule has 0 atom stereocenters.